The van der Waals surface area contributed by atoms with Gasteiger partial charge in [-0.2, -0.15) is 13.2 Å². The zero-order valence-electron chi connectivity index (χ0n) is 10.5. The van der Waals surface area contributed by atoms with Crippen LogP contribution in [0.1, 0.15) is 36.0 Å². The third-order valence-electron chi connectivity index (χ3n) is 2.03. The Bertz CT molecular complexity index is 428. The molecule has 0 aliphatic heterocycles. The van der Waals surface area contributed by atoms with Gasteiger partial charge in [-0.25, -0.2) is 9.78 Å². The average molecular weight is 281 g/mol. The summed E-state index contributed by atoms with van der Waals surface area (Å²) < 4.78 is 49.9. The molecule has 0 amide bonds. The number of alkyl halides is 3. The molecule has 0 fully saturated rings. The first-order valence-electron chi connectivity index (χ1n) is 5.67. The van der Waals surface area contributed by atoms with Gasteiger partial charge in [0.2, 0.25) is 11.7 Å². The third-order valence-corrected chi connectivity index (χ3v) is 2.03. The van der Waals surface area contributed by atoms with Crippen molar-refractivity contribution < 1.29 is 31.9 Å². The molecule has 0 aliphatic rings. The molecule has 0 aromatic carbocycles. The maximum Gasteiger partial charge on any atom is 0.411 e. The normalized spacial score (nSPS) is 11.6. The first-order chi connectivity index (χ1) is 8.87. The van der Waals surface area contributed by atoms with Gasteiger partial charge in [-0.05, 0) is 13.3 Å². The van der Waals surface area contributed by atoms with Gasteiger partial charge >= 0.3 is 12.1 Å². The van der Waals surface area contributed by atoms with Gasteiger partial charge in [0.1, 0.15) is 13.2 Å². The van der Waals surface area contributed by atoms with Crippen molar-refractivity contribution in [1.29, 1.82) is 0 Å². The average Bonchev–Trinajstić information content (AvgIpc) is 2.71. The quantitative estimate of drug-likeness (QED) is 0.750. The van der Waals surface area contributed by atoms with E-state index >= 15 is 0 Å². The molecule has 108 valence electrons. The van der Waals surface area contributed by atoms with Crippen molar-refractivity contribution in [3.8, 4) is 0 Å². The van der Waals surface area contributed by atoms with Crippen LogP contribution in [0, 0.1) is 0 Å². The number of ether oxygens (including phenoxy) is 2. The SMILES string of the molecule is CCOC(=O)c1oc(COCC(F)(F)F)nc1CC. The predicted molar refractivity (Wildman–Crippen MR) is 57.5 cm³/mol. The maximum absolute atomic E-state index is 11.9. The summed E-state index contributed by atoms with van der Waals surface area (Å²) in [7, 11) is 0. The third kappa shape index (κ3) is 4.90. The second-order valence-electron chi connectivity index (χ2n) is 3.57. The number of aryl methyl sites for hydroxylation is 1. The van der Waals surface area contributed by atoms with Crippen molar-refractivity contribution in [3.05, 3.63) is 17.3 Å². The number of aromatic nitrogens is 1. The van der Waals surface area contributed by atoms with Crippen LogP contribution in [0.4, 0.5) is 13.2 Å². The Morgan fingerprint density at radius 2 is 2.05 bits per heavy atom. The maximum atomic E-state index is 11.9. The lowest BCUT2D eigenvalue weighted by Crippen LogP contribution is -2.16. The lowest BCUT2D eigenvalue weighted by Gasteiger charge is -2.04. The molecule has 19 heavy (non-hydrogen) atoms. The minimum absolute atomic E-state index is 0.0795. The molecule has 1 heterocycles. The van der Waals surface area contributed by atoms with Crippen molar-refractivity contribution in [2.75, 3.05) is 13.2 Å². The van der Waals surface area contributed by atoms with E-state index in [0.29, 0.717) is 12.1 Å². The molecule has 0 aliphatic carbocycles. The molecule has 0 saturated carbocycles. The minimum Gasteiger partial charge on any atom is -0.460 e. The zero-order chi connectivity index (χ0) is 14.5. The van der Waals surface area contributed by atoms with E-state index in [4.69, 9.17) is 9.15 Å². The molecule has 0 spiro atoms. The van der Waals surface area contributed by atoms with Crippen molar-refractivity contribution in [3.63, 3.8) is 0 Å². The number of nitrogens with zero attached hydrogens (tertiary/aromatic N) is 1. The van der Waals surface area contributed by atoms with Gasteiger partial charge in [0, 0.05) is 0 Å². The summed E-state index contributed by atoms with van der Waals surface area (Å²) >= 11 is 0. The molecule has 5 nitrogen and oxygen atoms in total. The van der Waals surface area contributed by atoms with Crippen LogP contribution in [0.5, 0.6) is 0 Å². The van der Waals surface area contributed by atoms with Crippen molar-refractivity contribution in [2.24, 2.45) is 0 Å². The molecule has 0 atom stereocenters. The highest BCUT2D eigenvalue weighted by molar-refractivity contribution is 5.87. The molecule has 0 saturated heterocycles. The van der Waals surface area contributed by atoms with Gasteiger partial charge in [-0.15, -0.1) is 0 Å². The molecule has 8 heteroatoms. The van der Waals surface area contributed by atoms with Crippen LogP contribution < -0.4 is 0 Å². The van der Waals surface area contributed by atoms with Crippen LogP contribution in [-0.2, 0) is 22.5 Å². The standard InChI is InChI=1S/C11H14F3NO4/c1-3-7-9(10(16)18-4-2)19-8(15-7)5-17-6-11(12,13)14/h3-6H2,1-2H3. The topological polar surface area (TPSA) is 61.6 Å². The smallest absolute Gasteiger partial charge is 0.411 e. The molecule has 1 aromatic heterocycles. The van der Waals surface area contributed by atoms with E-state index in [1.807, 2.05) is 0 Å². The van der Waals surface area contributed by atoms with E-state index in [0.717, 1.165) is 0 Å². The fraction of sp³-hybridized carbons (Fsp3) is 0.636. The summed E-state index contributed by atoms with van der Waals surface area (Å²) in [6.07, 6.45) is -4.01. The van der Waals surface area contributed by atoms with Crippen LogP contribution in [-0.4, -0.2) is 30.3 Å². The second kappa shape index (κ2) is 6.55. The first-order valence-corrected chi connectivity index (χ1v) is 5.67. The minimum atomic E-state index is -4.41. The summed E-state index contributed by atoms with van der Waals surface area (Å²) in [5.41, 5.74) is 0.337. The van der Waals surface area contributed by atoms with E-state index in [1.54, 1.807) is 13.8 Å². The number of esters is 1. The Labute approximate surface area is 107 Å². The summed E-state index contributed by atoms with van der Waals surface area (Å²) in [5, 5.41) is 0. The van der Waals surface area contributed by atoms with E-state index in [9.17, 15) is 18.0 Å². The largest absolute Gasteiger partial charge is 0.460 e. The monoisotopic (exact) mass is 281 g/mol. The summed E-state index contributed by atoms with van der Waals surface area (Å²) in [6, 6.07) is 0. The Morgan fingerprint density at radius 3 is 2.58 bits per heavy atom. The van der Waals surface area contributed by atoms with Crippen LogP contribution in [0.2, 0.25) is 0 Å². The molecule has 0 unspecified atom stereocenters. The lowest BCUT2D eigenvalue weighted by molar-refractivity contribution is -0.177. The van der Waals surface area contributed by atoms with Gasteiger partial charge < -0.3 is 13.9 Å². The number of halogens is 3. The predicted octanol–water partition coefficient (Wildman–Crippen LogP) is 2.49. The molecule has 1 rings (SSSR count). The van der Waals surface area contributed by atoms with Crippen LogP contribution >= 0.6 is 0 Å². The molecule has 0 bridgehead atoms. The summed E-state index contributed by atoms with van der Waals surface area (Å²) in [5.74, 6) is -0.854. The highest BCUT2D eigenvalue weighted by atomic mass is 19.4. The van der Waals surface area contributed by atoms with E-state index in [-0.39, 0.29) is 18.3 Å². The molecule has 0 radical (unpaired) electrons. The molecular weight excluding hydrogens is 267 g/mol. The number of carbonyl (C=O) groups excluding carboxylic acids is 1. The Morgan fingerprint density at radius 1 is 1.37 bits per heavy atom. The van der Waals surface area contributed by atoms with Crippen LogP contribution in [0.25, 0.3) is 0 Å². The Balaban J connectivity index is 2.68. The lowest BCUT2D eigenvalue weighted by atomic mass is 10.3. The fourth-order valence-corrected chi connectivity index (χ4v) is 1.31. The van der Waals surface area contributed by atoms with Gasteiger partial charge in [-0.1, -0.05) is 6.92 Å². The summed E-state index contributed by atoms with van der Waals surface area (Å²) in [6.45, 7) is 1.69. The van der Waals surface area contributed by atoms with Gasteiger partial charge in [0.25, 0.3) is 0 Å². The van der Waals surface area contributed by atoms with Crippen molar-refractivity contribution in [2.45, 2.75) is 33.1 Å². The Kier molecular flexibility index (Phi) is 5.34. The number of oxazole rings is 1. The molecular formula is C11H14F3NO4. The number of hydrogen-bond acceptors (Lipinski definition) is 5. The van der Waals surface area contributed by atoms with Crippen molar-refractivity contribution in [1.82, 2.24) is 4.98 Å². The van der Waals surface area contributed by atoms with Crippen LogP contribution in [0.15, 0.2) is 4.42 Å². The van der Waals surface area contributed by atoms with E-state index in [2.05, 4.69) is 9.72 Å². The molecule has 1 aromatic rings. The molecule has 0 N–H and O–H groups in total. The van der Waals surface area contributed by atoms with Gasteiger partial charge in [0.05, 0.1) is 12.3 Å². The Hall–Kier alpha value is -1.57. The van der Waals surface area contributed by atoms with E-state index < -0.39 is 25.4 Å². The number of carbonyl (C=O) groups is 1. The highest BCUT2D eigenvalue weighted by Gasteiger charge is 2.28. The highest BCUT2D eigenvalue weighted by Crippen LogP contribution is 2.17. The summed E-state index contributed by atoms with van der Waals surface area (Å²) in [4.78, 5) is 15.4. The van der Waals surface area contributed by atoms with Crippen molar-refractivity contribution >= 4 is 5.97 Å². The zero-order valence-corrected chi connectivity index (χ0v) is 10.5. The number of rotatable bonds is 6. The fourth-order valence-electron chi connectivity index (χ4n) is 1.31. The van der Waals surface area contributed by atoms with E-state index in [1.165, 1.54) is 0 Å². The van der Waals surface area contributed by atoms with Gasteiger partial charge in [-0.3, -0.25) is 0 Å². The second-order valence-corrected chi connectivity index (χ2v) is 3.57. The van der Waals surface area contributed by atoms with Gasteiger partial charge in [0.15, 0.2) is 0 Å². The van der Waals surface area contributed by atoms with Crippen LogP contribution in [0.3, 0.4) is 0 Å². The first kappa shape index (κ1) is 15.5. The number of hydrogen-bond donors (Lipinski definition) is 0.